The van der Waals surface area contributed by atoms with Crippen molar-refractivity contribution in [1.82, 2.24) is 0 Å². The molecule has 1 N–H and O–H groups in total. The molecule has 0 fully saturated rings. The summed E-state index contributed by atoms with van der Waals surface area (Å²) in [4.78, 5) is 19.8. The Balaban J connectivity index is 1.75. The van der Waals surface area contributed by atoms with Crippen molar-refractivity contribution in [2.45, 2.75) is 6.54 Å². The van der Waals surface area contributed by atoms with Gasteiger partial charge in [-0.25, -0.2) is 0 Å². The molecule has 0 heterocycles. The number of para-hydroxylation sites is 1. The van der Waals surface area contributed by atoms with Gasteiger partial charge in [0.25, 0.3) is 5.91 Å². The number of aromatic hydroxyl groups is 1. The smallest absolute Gasteiger partial charge is 0.268 e. The van der Waals surface area contributed by atoms with Crippen LogP contribution in [0, 0.1) is 0 Å². The zero-order chi connectivity index (χ0) is 21.5. The minimum absolute atomic E-state index is 0.0700. The summed E-state index contributed by atoms with van der Waals surface area (Å²) < 4.78 is 2.51. The van der Waals surface area contributed by atoms with Crippen molar-refractivity contribution < 1.29 is 14.7 Å². The van der Waals surface area contributed by atoms with Crippen molar-refractivity contribution >= 4 is 65.6 Å². The molecule has 0 radical (unpaired) electrons. The van der Waals surface area contributed by atoms with Crippen molar-refractivity contribution in [3.05, 3.63) is 91.3 Å². The maximum atomic E-state index is 13.0. The van der Waals surface area contributed by atoms with E-state index in [0.717, 1.165) is 24.7 Å². The van der Waals surface area contributed by atoms with Gasteiger partial charge in [0.15, 0.2) is 6.61 Å². The first kappa shape index (κ1) is 22.5. The van der Waals surface area contributed by atoms with Crippen LogP contribution in [-0.2, 0) is 16.2 Å². The first-order valence-corrected chi connectivity index (χ1v) is 11.3. The second-order valence-corrected chi connectivity index (χ2v) is 8.86. The lowest BCUT2D eigenvalue weighted by atomic mass is 10.2. The number of carbonyl (C=O) groups is 1. The van der Waals surface area contributed by atoms with E-state index >= 15 is 0 Å². The summed E-state index contributed by atoms with van der Waals surface area (Å²) in [5.41, 5.74) is 2.17. The maximum Gasteiger partial charge on any atom is 0.268 e. The van der Waals surface area contributed by atoms with Gasteiger partial charge < -0.3 is 14.8 Å². The Bertz CT molecular complexity index is 1070. The largest absolute Gasteiger partial charge is 0.507 e. The molecule has 1 amide bonds. The van der Waals surface area contributed by atoms with Gasteiger partial charge >= 0.3 is 0 Å². The molecule has 0 bridgehead atoms. The van der Waals surface area contributed by atoms with Crippen LogP contribution in [0.1, 0.15) is 11.1 Å². The van der Waals surface area contributed by atoms with E-state index in [9.17, 15) is 9.90 Å². The quantitative estimate of drug-likeness (QED) is 0.259. The summed E-state index contributed by atoms with van der Waals surface area (Å²) in [5, 5.41) is 13.7. The third-order valence-electron chi connectivity index (χ3n) is 4.17. The Morgan fingerprint density at radius 1 is 1.00 bits per heavy atom. The molecule has 0 unspecified atom stereocenters. The van der Waals surface area contributed by atoms with E-state index in [1.54, 1.807) is 23.1 Å². The number of oxime groups is 1. The normalized spacial score (nSPS) is 10.9. The lowest BCUT2D eigenvalue weighted by Crippen LogP contribution is -2.33. The third kappa shape index (κ3) is 5.93. The Labute approximate surface area is 199 Å². The van der Waals surface area contributed by atoms with Crippen molar-refractivity contribution in [3.63, 3.8) is 0 Å². The van der Waals surface area contributed by atoms with Crippen LogP contribution in [0.5, 0.6) is 5.75 Å². The number of rotatable bonds is 7. The fourth-order valence-corrected chi connectivity index (χ4v) is 3.96. The van der Waals surface area contributed by atoms with Crippen LogP contribution in [0.3, 0.4) is 0 Å². The Morgan fingerprint density at radius 2 is 1.70 bits per heavy atom. The maximum absolute atomic E-state index is 13.0. The van der Waals surface area contributed by atoms with Crippen molar-refractivity contribution in [3.8, 4) is 5.75 Å². The zero-order valence-electron chi connectivity index (χ0n) is 15.6. The molecule has 0 aliphatic rings. The molecule has 5 nitrogen and oxygen atoms in total. The molecule has 3 aromatic carbocycles. The van der Waals surface area contributed by atoms with E-state index in [1.165, 1.54) is 6.21 Å². The summed E-state index contributed by atoms with van der Waals surface area (Å²) in [6.45, 7) is 0.111. The Morgan fingerprint density at radius 3 is 2.43 bits per heavy atom. The number of anilines is 1. The van der Waals surface area contributed by atoms with Gasteiger partial charge in [0.05, 0.1) is 18.4 Å². The number of hydrogen-bond acceptors (Lipinski definition) is 4. The van der Waals surface area contributed by atoms with E-state index in [-0.39, 0.29) is 18.3 Å². The Kier molecular flexibility index (Phi) is 8.07. The SMILES string of the molecule is O=C(CON=Cc1cc(Br)ccc1O)N(Cc1ccccc1Br)c1ccccc1Br. The van der Waals surface area contributed by atoms with Crippen LogP contribution in [0.15, 0.2) is 85.3 Å². The predicted molar refractivity (Wildman–Crippen MR) is 129 cm³/mol. The first-order valence-electron chi connectivity index (χ1n) is 8.88. The third-order valence-corrected chi connectivity index (χ3v) is 6.11. The minimum atomic E-state index is -0.256. The zero-order valence-corrected chi connectivity index (χ0v) is 20.4. The highest BCUT2D eigenvalue weighted by Gasteiger charge is 2.20. The van der Waals surface area contributed by atoms with E-state index < -0.39 is 0 Å². The van der Waals surface area contributed by atoms with Gasteiger partial charge in [-0.15, -0.1) is 0 Å². The number of hydrogen-bond donors (Lipinski definition) is 1. The summed E-state index contributed by atoms with van der Waals surface area (Å²) >= 11 is 10.4. The monoisotopic (exact) mass is 594 g/mol. The van der Waals surface area contributed by atoms with E-state index in [0.29, 0.717) is 12.1 Å². The molecule has 0 aromatic heterocycles. The molecular weight excluding hydrogens is 580 g/mol. The average molecular weight is 597 g/mol. The molecule has 3 rings (SSSR count). The van der Waals surface area contributed by atoms with Gasteiger partial charge in [-0.1, -0.05) is 67.3 Å². The van der Waals surface area contributed by atoms with E-state index in [2.05, 4.69) is 52.9 Å². The molecule has 8 heteroatoms. The molecule has 0 aliphatic heterocycles. The van der Waals surface area contributed by atoms with E-state index in [1.807, 2.05) is 48.5 Å². The molecule has 30 heavy (non-hydrogen) atoms. The van der Waals surface area contributed by atoms with Gasteiger partial charge in [-0.3, -0.25) is 4.79 Å². The highest BCUT2D eigenvalue weighted by molar-refractivity contribution is 9.11. The van der Waals surface area contributed by atoms with Crippen molar-refractivity contribution in [1.29, 1.82) is 0 Å². The van der Waals surface area contributed by atoms with Gasteiger partial charge in [-0.2, -0.15) is 0 Å². The number of halogens is 3. The predicted octanol–water partition coefficient (Wildman–Crippen LogP) is 6.26. The van der Waals surface area contributed by atoms with Crippen LogP contribution in [0.25, 0.3) is 0 Å². The highest BCUT2D eigenvalue weighted by atomic mass is 79.9. The molecule has 0 spiro atoms. The van der Waals surface area contributed by atoms with Crippen LogP contribution in [-0.4, -0.2) is 23.8 Å². The average Bonchev–Trinajstić information content (AvgIpc) is 2.73. The molecule has 0 atom stereocenters. The summed E-state index contributed by atoms with van der Waals surface area (Å²) in [6, 6.07) is 20.2. The molecular formula is C22H17Br3N2O3. The number of benzene rings is 3. The number of phenolic OH excluding ortho intramolecular Hbond substituents is 1. The number of carbonyl (C=O) groups excluding carboxylic acids is 1. The molecule has 3 aromatic rings. The van der Waals surface area contributed by atoms with Gasteiger partial charge in [0, 0.05) is 19.0 Å². The van der Waals surface area contributed by atoms with Gasteiger partial charge in [0.2, 0.25) is 0 Å². The first-order chi connectivity index (χ1) is 14.5. The van der Waals surface area contributed by atoms with Gasteiger partial charge in [-0.05, 0) is 57.9 Å². The van der Waals surface area contributed by atoms with Gasteiger partial charge in [0.1, 0.15) is 5.75 Å². The standard InChI is InChI=1S/C22H17Br3N2O3/c23-17-9-10-21(28)16(11-17)12-26-30-14-22(29)27(20-8-4-3-7-19(20)25)13-15-5-1-2-6-18(15)24/h1-12,28H,13-14H2. The number of nitrogens with zero attached hydrogens (tertiary/aromatic N) is 2. The summed E-state index contributed by atoms with van der Waals surface area (Å²) in [6.07, 6.45) is 1.37. The molecule has 0 saturated heterocycles. The topological polar surface area (TPSA) is 62.1 Å². The Hall–Kier alpha value is -2.16. The fourth-order valence-electron chi connectivity index (χ4n) is 2.67. The summed E-state index contributed by atoms with van der Waals surface area (Å²) in [5.74, 6) is -0.186. The lowest BCUT2D eigenvalue weighted by Gasteiger charge is -2.24. The van der Waals surface area contributed by atoms with Crippen LogP contribution < -0.4 is 4.90 Å². The van der Waals surface area contributed by atoms with Crippen LogP contribution in [0.2, 0.25) is 0 Å². The molecule has 154 valence electrons. The molecule has 0 aliphatic carbocycles. The number of amides is 1. The van der Waals surface area contributed by atoms with Crippen molar-refractivity contribution in [2.24, 2.45) is 5.16 Å². The minimum Gasteiger partial charge on any atom is -0.507 e. The molecule has 0 saturated carbocycles. The second-order valence-electron chi connectivity index (χ2n) is 6.23. The second kappa shape index (κ2) is 10.7. The van der Waals surface area contributed by atoms with Crippen LogP contribution >= 0.6 is 47.8 Å². The lowest BCUT2D eigenvalue weighted by molar-refractivity contribution is -0.123. The fraction of sp³-hybridized carbons (Fsp3) is 0.0909. The van der Waals surface area contributed by atoms with Crippen LogP contribution in [0.4, 0.5) is 5.69 Å². The van der Waals surface area contributed by atoms with E-state index in [4.69, 9.17) is 4.84 Å². The highest BCUT2D eigenvalue weighted by Crippen LogP contribution is 2.29. The van der Waals surface area contributed by atoms with Crippen molar-refractivity contribution in [2.75, 3.05) is 11.5 Å². The number of phenols is 1. The summed E-state index contributed by atoms with van der Waals surface area (Å²) in [7, 11) is 0.